The zero-order valence-corrected chi connectivity index (χ0v) is 19.2. The Balaban J connectivity index is 1.52. The van der Waals surface area contributed by atoms with E-state index in [1.165, 1.54) is 16.6 Å². The van der Waals surface area contributed by atoms with Crippen LogP contribution in [0, 0.1) is 6.92 Å². The number of carbonyl (C=O) groups excluding carboxylic acids is 1. The van der Waals surface area contributed by atoms with Gasteiger partial charge >= 0.3 is 0 Å². The van der Waals surface area contributed by atoms with Gasteiger partial charge in [0.25, 0.3) is 5.91 Å². The summed E-state index contributed by atoms with van der Waals surface area (Å²) in [7, 11) is 1.63. The summed E-state index contributed by atoms with van der Waals surface area (Å²) in [5.41, 5.74) is 4.38. The van der Waals surface area contributed by atoms with E-state index < -0.39 is 0 Å². The first-order valence-corrected chi connectivity index (χ1v) is 11.6. The minimum absolute atomic E-state index is 0.157. The number of ether oxygens (including phenoxy) is 1. The van der Waals surface area contributed by atoms with Crippen LogP contribution in [0.5, 0.6) is 5.75 Å². The number of aromatic nitrogens is 3. The number of hydrogen-bond donors (Lipinski definition) is 1. The van der Waals surface area contributed by atoms with Crippen LogP contribution in [0.15, 0.2) is 77.0 Å². The molecule has 0 spiro atoms. The number of thioether (sulfide) groups is 1. The van der Waals surface area contributed by atoms with Gasteiger partial charge in [0.15, 0.2) is 11.0 Å². The second-order valence-electron chi connectivity index (χ2n) is 6.74. The average molecular weight is 464 g/mol. The fourth-order valence-electron chi connectivity index (χ4n) is 2.95. The van der Waals surface area contributed by atoms with Gasteiger partial charge in [-0.2, -0.15) is 5.10 Å². The lowest BCUT2D eigenvalue weighted by atomic mass is 10.2. The van der Waals surface area contributed by atoms with Crippen molar-refractivity contribution >= 4 is 35.2 Å². The lowest BCUT2D eigenvalue weighted by Crippen LogP contribution is -2.19. The molecule has 2 heterocycles. The number of thiophene rings is 1. The topological polar surface area (TPSA) is 81.4 Å². The third kappa shape index (κ3) is 5.24. The Hall–Kier alpha value is -3.43. The van der Waals surface area contributed by atoms with Crippen molar-refractivity contribution in [3.05, 3.63) is 76.5 Å². The lowest BCUT2D eigenvalue weighted by molar-refractivity contribution is -0.118. The second kappa shape index (κ2) is 10.3. The number of nitrogens with zero attached hydrogens (tertiary/aromatic N) is 4. The van der Waals surface area contributed by atoms with Crippen molar-refractivity contribution < 1.29 is 9.53 Å². The monoisotopic (exact) mass is 463 g/mol. The highest BCUT2D eigenvalue weighted by atomic mass is 32.2. The SMILES string of the molecule is COc1ccc(-n2c(SCC(=O)N/N=C\c3ccc(C)s3)nnc2-c2ccccc2)cc1. The van der Waals surface area contributed by atoms with E-state index in [1.807, 2.05) is 78.2 Å². The summed E-state index contributed by atoms with van der Waals surface area (Å²) in [6, 6.07) is 21.4. The number of rotatable bonds is 8. The molecule has 4 aromatic rings. The number of nitrogens with one attached hydrogen (secondary N) is 1. The van der Waals surface area contributed by atoms with Gasteiger partial charge < -0.3 is 4.74 Å². The predicted molar refractivity (Wildman–Crippen MR) is 129 cm³/mol. The maximum absolute atomic E-state index is 12.3. The van der Waals surface area contributed by atoms with Crippen LogP contribution in [-0.4, -0.2) is 39.7 Å². The molecular formula is C23H21N5O2S2. The van der Waals surface area contributed by atoms with Crippen LogP contribution < -0.4 is 10.2 Å². The second-order valence-corrected chi connectivity index (χ2v) is 9.00. The smallest absolute Gasteiger partial charge is 0.250 e. The Morgan fingerprint density at radius 1 is 1.12 bits per heavy atom. The predicted octanol–water partition coefficient (Wildman–Crippen LogP) is 4.56. The third-order valence-corrected chi connectivity index (χ3v) is 6.33. The maximum Gasteiger partial charge on any atom is 0.250 e. The molecule has 0 saturated heterocycles. The molecule has 9 heteroatoms. The third-order valence-electron chi connectivity index (χ3n) is 4.47. The van der Waals surface area contributed by atoms with E-state index in [0.717, 1.165) is 21.9 Å². The molecular weight excluding hydrogens is 442 g/mol. The minimum Gasteiger partial charge on any atom is -0.497 e. The number of benzene rings is 2. The van der Waals surface area contributed by atoms with E-state index in [4.69, 9.17) is 4.74 Å². The Morgan fingerprint density at radius 2 is 1.91 bits per heavy atom. The van der Waals surface area contributed by atoms with Gasteiger partial charge in [-0.1, -0.05) is 42.1 Å². The molecule has 0 aliphatic carbocycles. The number of carbonyl (C=O) groups is 1. The maximum atomic E-state index is 12.3. The van der Waals surface area contributed by atoms with Gasteiger partial charge in [-0.05, 0) is 43.3 Å². The largest absolute Gasteiger partial charge is 0.497 e. The lowest BCUT2D eigenvalue weighted by Gasteiger charge is -2.11. The van der Waals surface area contributed by atoms with Crippen molar-refractivity contribution in [1.29, 1.82) is 0 Å². The molecule has 2 aromatic carbocycles. The molecule has 0 atom stereocenters. The van der Waals surface area contributed by atoms with Crippen LogP contribution in [0.3, 0.4) is 0 Å². The number of methoxy groups -OCH3 is 1. The molecule has 0 unspecified atom stereocenters. The van der Waals surface area contributed by atoms with Crippen molar-refractivity contribution in [3.8, 4) is 22.8 Å². The molecule has 0 aliphatic rings. The van der Waals surface area contributed by atoms with E-state index in [0.29, 0.717) is 11.0 Å². The summed E-state index contributed by atoms with van der Waals surface area (Å²) < 4.78 is 7.21. The number of hydrazone groups is 1. The molecule has 2 aromatic heterocycles. The summed E-state index contributed by atoms with van der Waals surface area (Å²) in [5.74, 6) is 1.40. The van der Waals surface area contributed by atoms with Crippen LogP contribution >= 0.6 is 23.1 Å². The number of amides is 1. The van der Waals surface area contributed by atoms with Gasteiger partial charge in [0.2, 0.25) is 0 Å². The van der Waals surface area contributed by atoms with Crippen LogP contribution in [0.4, 0.5) is 0 Å². The van der Waals surface area contributed by atoms with Crippen LogP contribution in [0.1, 0.15) is 9.75 Å². The molecule has 7 nitrogen and oxygen atoms in total. The van der Waals surface area contributed by atoms with Crippen LogP contribution in [0.25, 0.3) is 17.1 Å². The van der Waals surface area contributed by atoms with E-state index >= 15 is 0 Å². The molecule has 0 radical (unpaired) electrons. The molecule has 4 rings (SSSR count). The Morgan fingerprint density at radius 3 is 2.59 bits per heavy atom. The van der Waals surface area contributed by atoms with E-state index in [2.05, 4.69) is 20.7 Å². The number of aryl methyl sites for hydroxylation is 1. The van der Waals surface area contributed by atoms with Gasteiger partial charge in [0, 0.05) is 21.0 Å². The van der Waals surface area contributed by atoms with Gasteiger partial charge in [-0.15, -0.1) is 21.5 Å². The van der Waals surface area contributed by atoms with Crippen molar-refractivity contribution in [2.45, 2.75) is 12.1 Å². The molecule has 162 valence electrons. The minimum atomic E-state index is -0.218. The Kier molecular flexibility index (Phi) is 6.98. The van der Waals surface area contributed by atoms with Crippen LogP contribution in [-0.2, 0) is 4.79 Å². The normalized spacial score (nSPS) is 11.1. The zero-order chi connectivity index (χ0) is 22.3. The van der Waals surface area contributed by atoms with Crippen molar-refractivity contribution in [2.75, 3.05) is 12.9 Å². The molecule has 0 bridgehead atoms. The van der Waals surface area contributed by atoms with Crippen LogP contribution in [0.2, 0.25) is 0 Å². The Labute approximate surface area is 194 Å². The molecule has 0 fully saturated rings. The van der Waals surface area contributed by atoms with E-state index in [1.54, 1.807) is 24.7 Å². The van der Waals surface area contributed by atoms with Crippen molar-refractivity contribution in [2.24, 2.45) is 5.10 Å². The molecule has 1 amide bonds. The van der Waals surface area contributed by atoms with Crippen molar-refractivity contribution in [1.82, 2.24) is 20.2 Å². The average Bonchev–Trinajstić information content (AvgIpc) is 3.44. The quantitative estimate of drug-likeness (QED) is 0.235. The highest BCUT2D eigenvalue weighted by Gasteiger charge is 2.17. The molecule has 1 N–H and O–H groups in total. The first kappa shape index (κ1) is 21.8. The summed E-state index contributed by atoms with van der Waals surface area (Å²) in [5, 5.41) is 13.4. The van der Waals surface area contributed by atoms with Gasteiger partial charge in [0.05, 0.1) is 19.1 Å². The van der Waals surface area contributed by atoms with Crippen molar-refractivity contribution in [3.63, 3.8) is 0 Å². The standard InChI is InChI=1S/C23H21N5O2S2/c1-16-8-13-20(32-16)14-24-25-21(29)15-31-23-27-26-22(17-6-4-3-5-7-17)28(23)18-9-11-19(30-2)12-10-18/h3-14H,15H2,1-2H3,(H,25,29)/b24-14-. The zero-order valence-electron chi connectivity index (χ0n) is 17.6. The highest BCUT2D eigenvalue weighted by Crippen LogP contribution is 2.28. The molecule has 0 aliphatic heterocycles. The summed E-state index contributed by atoms with van der Waals surface area (Å²) >= 11 is 2.92. The summed E-state index contributed by atoms with van der Waals surface area (Å²) in [4.78, 5) is 14.5. The Bertz CT molecular complexity index is 1220. The van der Waals surface area contributed by atoms with Gasteiger partial charge in [-0.25, -0.2) is 5.43 Å². The fourth-order valence-corrected chi connectivity index (χ4v) is 4.45. The fraction of sp³-hybridized carbons (Fsp3) is 0.130. The number of hydrogen-bond acceptors (Lipinski definition) is 7. The summed E-state index contributed by atoms with van der Waals surface area (Å²) in [6.07, 6.45) is 1.65. The molecule has 0 saturated carbocycles. The van der Waals surface area contributed by atoms with Gasteiger partial charge in [-0.3, -0.25) is 9.36 Å². The highest BCUT2D eigenvalue weighted by molar-refractivity contribution is 7.99. The van der Waals surface area contributed by atoms with Gasteiger partial charge in [0.1, 0.15) is 5.75 Å². The molecule has 32 heavy (non-hydrogen) atoms. The summed E-state index contributed by atoms with van der Waals surface area (Å²) in [6.45, 7) is 2.03. The first-order valence-electron chi connectivity index (χ1n) is 9.80. The van der Waals surface area contributed by atoms with E-state index in [-0.39, 0.29) is 11.7 Å². The van der Waals surface area contributed by atoms with E-state index in [9.17, 15) is 4.79 Å². The first-order chi connectivity index (χ1) is 15.6.